The minimum atomic E-state index is -0.759. The second-order valence-corrected chi connectivity index (χ2v) is 3.06. The van der Waals surface area contributed by atoms with Gasteiger partial charge in [-0.15, -0.1) is 0 Å². The maximum Gasteiger partial charge on any atom is 0.303 e. The third kappa shape index (κ3) is 14.4. The van der Waals surface area contributed by atoms with Crippen LogP contribution in [0.3, 0.4) is 0 Å². The first-order chi connectivity index (χ1) is 6.13. The zero-order chi connectivity index (χ0) is 10.1. The number of unbranched alkanes of at least 4 members (excludes halogenated alkanes) is 4. The summed E-state index contributed by atoms with van der Waals surface area (Å²) in [5, 5.41) is 16.6. The van der Waals surface area contributed by atoms with Gasteiger partial charge in [0.05, 0.1) is 0 Å². The van der Waals surface area contributed by atoms with E-state index in [9.17, 15) is 9.59 Å². The topological polar surface area (TPSA) is 74.6 Å². The first kappa shape index (κ1) is 16.3. The number of hydrogen-bond acceptors (Lipinski definition) is 2. The Bertz CT molecular complexity index is 152. The molecule has 0 saturated heterocycles. The Balaban J connectivity index is 0. The van der Waals surface area contributed by atoms with E-state index in [1.807, 2.05) is 0 Å². The average Bonchev–Trinajstić information content (AvgIpc) is 2.01. The Morgan fingerprint density at radius 2 is 1.00 bits per heavy atom. The van der Waals surface area contributed by atoms with Crippen LogP contribution in [-0.2, 0) is 9.59 Å². The number of carboxylic acid groups (broad SMARTS) is 2. The summed E-state index contributed by atoms with van der Waals surface area (Å²) in [6.07, 6.45) is 4.53. The van der Waals surface area contributed by atoms with E-state index >= 15 is 0 Å². The molecule has 0 saturated carbocycles. The molecule has 4 nitrogen and oxygen atoms in total. The van der Waals surface area contributed by atoms with Gasteiger partial charge in [0.2, 0.25) is 0 Å². The van der Waals surface area contributed by atoms with E-state index in [-0.39, 0.29) is 40.1 Å². The summed E-state index contributed by atoms with van der Waals surface area (Å²) < 4.78 is 0. The maximum absolute atomic E-state index is 10.1. The fraction of sp³-hybridized carbons (Fsp3) is 0.778. The molecule has 0 aromatic carbocycles. The van der Waals surface area contributed by atoms with Crippen LogP contribution >= 0.6 is 0 Å². The van der Waals surface area contributed by atoms with E-state index < -0.39 is 11.9 Å². The molecule has 0 heterocycles. The van der Waals surface area contributed by atoms with Crippen LogP contribution in [0.15, 0.2) is 0 Å². The van der Waals surface area contributed by atoms with E-state index in [2.05, 4.69) is 0 Å². The van der Waals surface area contributed by atoms with Crippen LogP contribution in [0.4, 0.5) is 0 Å². The van der Waals surface area contributed by atoms with Gasteiger partial charge >= 0.3 is 11.9 Å². The maximum atomic E-state index is 10.1. The van der Waals surface area contributed by atoms with Crippen LogP contribution in [-0.4, -0.2) is 49.5 Å². The molecule has 0 aromatic rings. The van der Waals surface area contributed by atoms with Gasteiger partial charge in [0, 0.05) is 40.1 Å². The first-order valence-electron chi connectivity index (χ1n) is 4.56. The zero-order valence-electron chi connectivity index (χ0n) is 8.16. The van der Waals surface area contributed by atoms with Crippen molar-refractivity contribution in [3.05, 3.63) is 0 Å². The number of rotatable bonds is 8. The van der Waals surface area contributed by atoms with E-state index in [4.69, 9.17) is 10.2 Å². The molecular weight excluding hydrogens is 379 g/mol. The Hall–Kier alpha value is -0.138. The molecule has 80 valence electrons. The quantitative estimate of drug-likeness (QED) is 0.483. The van der Waals surface area contributed by atoms with Crippen molar-refractivity contribution in [1.82, 2.24) is 0 Å². The molecule has 0 bridgehead atoms. The smallest absolute Gasteiger partial charge is 0.303 e. The van der Waals surface area contributed by atoms with Gasteiger partial charge in [0.1, 0.15) is 0 Å². The standard InChI is InChI=1S/C9H16O4.Pb/c10-8(11)6-4-2-1-3-5-7-9(12)13;/h1-7H2,(H,10,11)(H,12,13);. The molecule has 0 rings (SSSR count). The molecule has 0 spiro atoms. The summed E-state index contributed by atoms with van der Waals surface area (Å²) >= 11 is 0. The summed E-state index contributed by atoms with van der Waals surface area (Å²) in [4.78, 5) is 20.2. The Kier molecular flexibility index (Phi) is 12.7. The second kappa shape index (κ2) is 10.9. The SMILES string of the molecule is O=C(O)CCCCCCCC(=O)O.[Pb]. The number of carbonyl (C=O) groups is 2. The molecule has 5 heteroatoms. The molecule has 0 aliphatic carbocycles. The monoisotopic (exact) mass is 396 g/mol. The number of hydrogen-bond donors (Lipinski definition) is 2. The van der Waals surface area contributed by atoms with Gasteiger partial charge in [-0.2, -0.15) is 0 Å². The average molecular weight is 395 g/mol. The first-order valence-corrected chi connectivity index (χ1v) is 4.56. The summed E-state index contributed by atoms with van der Waals surface area (Å²) in [5.41, 5.74) is 0. The van der Waals surface area contributed by atoms with Gasteiger partial charge in [-0.3, -0.25) is 9.59 Å². The minimum Gasteiger partial charge on any atom is -0.481 e. The van der Waals surface area contributed by atoms with Crippen molar-refractivity contribution in [2.45, 2.75) is 44.9 Å². The van der Waals surface area contributed by atoms with Gasteiger partial charge < -0.3 is 10.2 Å². The number of aliphatic carboxylic acids is 2. The van der Waals surface area contributed by atoms with Crippen molar-refractivity contribution >= 4 is 39.2 Å². The van der Waals surface area contributed by atoms with Crippen molar-refractivity contribution in [3.8, 4) is 0 Å². The molecule has 0 aliphatic heterocycles. The van der Waals surface area contributed by atoms with Crippen LogP contribution in [0.1, 0.15) is 44.9 Å². The predicted molar refractivity (Wildman–Crippen MR) is 53.3 cm³/mol. The minimum absolute atomic E-state index is 0. The van der Waals surface area contributed by atoms with Crippen LogP contribution in [0, 0.1) is 0 Å². The Morgan fingerprint density at radius 3 is 1.29 bits per heavy atom. The van der Waals surface area contributed by atoms with Gasteiger partial charge in [0.25, 0.3) is 0 Å². The van der Waals surface area contributed by atoms with Crippen molar-refractivity contribution in [2.24, 2.45) is 0 Å². The van der Waals surface area contributed by atoms with Crippen molar-refractivity contribution in [2.75, 3.05) is 0 Å². The van der Waals surface area contributed by atoms with Crippen molar-refractivity contribution < 1.29 is 19.8 Å². The fourth-order valence-corrected chi connectivity index (χ4v) is 1.08. The zero-order valence-corrected chi connectivity index (χ0v) is 12.0. The normalized spacial score (nSPS) is 9.14. The molecule has 0 aromatic heterocycles. The predicted octanol–water partition coefficient (Wildman–Crippen LogP) is 1.51. The molecule has 2 N–H and O–H groups in total. The summed E-state index contributed by atoms with van der Waals surface area (Å²) in [5.74, 6) is -1.52. The van der Waals surface area contributed by atoms with Crippen LogP contribution in [0.5, 0.6) is 0 Å². The molecule has 0 aliphatic rings. The molecule has 0 fully saturated rings. The molecule has 0 atom stereocenters. The van der Waals surface area contributed by atoms with E-state index in [0.717, 1.165) is 19.3 Å². The van der Waals surface area contributed by atoms with Crippen LogP contribution in [0.25, 0.3) is 0 Å². The summed E-state index contributed by atoms with van der Waals surface area (Å²) in [6.45, 7) is 0. The summed E-state index contributed by atoms with van der Waals surface area (Å²) in [6, 6.07) is 0. The van der Waals surface area contributed by atoms with Gasteiger partial charge in [-0.1, -0.05) is 19.3 Å². The van der Waals surface area contributed by atoms with E-state index in [1.165, 1.54) is 0 Å². The molecule has 14 heavy (non-hydrogen) atoms. The Labute approximate surface area is 104 Å². The molecule has 4 radical (unpaired) electrons. The molecule has 0 unspecified atom stereocenters. The van der Waals surface area contributed by atoms with Crippen molar-refractivity contribution in [1.29, 1.82) is 0 Å². The third-order valence-electron chi connectivity index (χ3n) is 1.78. The second-order valence-electron chi connectivity index (χ2n) is 3.06. The van der Waals surface area contributed by atoms with Crippen molar-refractivity contribution in [3.63, 3.8) is 0 Å². The molecule has 0 amide bonds. The van der Waals surface area contributed by atoms with E-state index in [0.29, 0.717) is 12.8 Å². The van der Waals surface area contributed by atoms with Gasteiger partial charge in [-0.05, 0) is 12.8 Å². The molecular formula is C9H16O4Pb. The summed E-state index contributed by atoms with van der Waals surface area (Å²) in [7, 11) is 0. The fourth-order valence-electron chi connectivity index (χ4n) is 1.08. The van der Waals surface area contributed by atoms with Gasteiger partial charge in [0.15, 0.2) is 0 Å². The Morgan fingerprint density at radius 1 is 0.714 bits per heavy atom. The van der Waals surface area contributed by atoms with Crippen LogP contribution < -0.4 is 0 Å². The largest absolute Gasteiger partial charge is 0.481 e. The van der Waals surface area contributed by atoms with E-state index in [1.54, 1.807) is 0 Å². The van der Waals surface area contributed by atoms with Crippen LogP contribution in [0.2, 0.25) is 0 Å². The number of carboxylic acids is 2. The third-order valence-corrected chi connectivity index (χ3v) is 1.78. The van der Waals surface area contributed by atoms with Gasteiger partial charge in [-0.25, -0.2) is 0 Å².